The van der Waals surface area contributed by atoms with Crippen LogP contribution < -0.4 is 5.32 Å². The third kappa shape index (κ3) is 3.19. The van der Waals surface area contributed by atoms with Gasteiger partial charge in [0.05, 0.1) is 5.03 Å². The van der Waals surface area contributed by atoms with Crippen molar-refractivity contribution in [2.45, 2.75) is 11.6 Å². The number of piperazine rings is 1. The molecule has 2 heterocycles. The van der Waals surface area contributed by atoms with Gasteiger partial charge in [-0.1, -0.05) is 0 Å². The summed E-state index contributed by atoms with van der Waals surface area (Å²) in [5.74, 6) is 0. The minimum absolute atomic E-state index is 1.05. The van der Waals surface area contributed by atoms with Gasteiger partial charge in [0.1, 0.15) is 0 Å². The number of nitrogens with zero attached hydrogens (tertiary/aromatic N) is 2. The number of aromatic nitrogens is 1. The Bertz CT molecular complexity index is 310. The molecule has 1 aliphatic rings. The van der Waals surface area contributed by atoms with Gasteiger partial charge in [0.2, 0.25) is 0 Å². The van der Waals surface area contributed by atoms with Gasteiger partial charge in [0.15, 0.2) is 0 Å². The molecule has 1 fully saturated rings. The minimum atomic E-state index is 1.05. The highest BCUT2D eigenvalue weighted by atomic mass is 32.2. The molecule has 0 radical (unpaired) electrons. The number of pyridine rings is 1. The van der Waals surface area contributed by atoms with Crippen molar-refractivity contribution in [3.05, 3.63) is 23.9 Å². The molecule has 1 saturated heterocycles. The van der Waals surface area contributed by atoms with Crippen LogP contribution in [0, 0.1) is 0 Å². The second-order valence-electron chi connectivity index (χ2n) is 3.73. The van der Waals surface area contributed by atoms with Crippen LogP contribution in [0.3, 0.4) is 0 Å². The summed E-state index contributed by atoms with van der Waals surface area (Å²) in [7, 11) is 0. The summed E-state index contributed by atoms with van der Waals surface area (Å²) in [5, 5.41) is 4.48. The zero-order chi connectivity index (χ0) is 10.5. The predicted molar refractivity (Wildman–Crippen MR) is 64.2 cm³/mol. The van der Waals surface area contributed by atoms with E-state index in [0.717, 1.165) is 37.7 Å². The van der Waals surface area contributed by atoms with E-state index >= 15 is 0 Å². The average molecular weight is 223 g/mol. The Hall–Kier alpha value is -0.580. The van der Waals surface area contributed by atoms with Gasteiger partial charge in [-0.25, -0.2) is 4.98 Å². The van der Waals surface area contributed by atoms with E-state index < -0.39 is 0 Å². The highest BCUT2D eigenvalue weighted by Crippen LogP contribution is 2.14. The molecule has 0 bridgehead atoms. The number of hydrogen-bond donors (Lipinski definition) is 1. The quantitative estimate of drug-likeness (QED) is 0.780. The van der Waals surface area contributed by atoms with Crippen molar-refractivity contribution in [3.8, 4) is 0 Å². The summed E-state index contributed by atoms with van der Waals surface area (Å²) < 4.78 is 0. The molecule has 82 valence electrons. The van der Waals surface area contributed by atoms with Crippen LogP contribution in [0.5, 0.6) is 0 Å². The van der Waals surface area contributed by atoms with Gasteiger partial charge < -0.3 is 5.32 Å². The molecule has 1 N–H and O–H groups in total. The van der Waals surface area contributed by atoms with Crippen molar-refractivity contribution in [1.82, 2.24) is 15.2 Å². The molecule has 2 rings (SSSR count). The van der Waals surface area contributed by atoms with E-state index in [0.29, 0.717) is 0 Å². The second kappa shape index (κ2) is 5.49. The molecule has 0 aliphatic carbocycles. The maximum absolute atomic E-state index is 4.28. The van der Waals surface area contributed by atoms with Crippen LogP contribution in [-0.2, 0) is 6.54 Å². The third-order valence-electron chi connectivity index (χ3n) is 2.62. The topological polar surface area (TPSA) is 28.2 Å². The van der Waals surface area contributed by atoms with Crippen molar-refractivity contribution in [2.24, 2.45) is 0 Å². The SMILES string of the molecule is CSc1cc(CN2CCNCC2)ccn1. The summed E-state index contributed by atoms with van der Waals surface area (Å²) in [6, 6.07) is 4.30. The third-order valence-corrected chi connectivity index (χ3v) is 3.27. The summed E-state index contributed by atoms with van der Waals surface area (Å²) in [5.41, 5.74) is 1.37. The lowest BCUT2D eigenvalue weighted by molar-refractivity contribution is 0.233. The van der Waals surface area contributed by atoms with E-state index in [-0.39, 0.29) is 0 Å². The van der Waals surface area contributed by atoms with Crippen molar-refractivity contribution in [3.63, 3.8) is 0 Å². The molecular weight excluding hydrogens is 206 g/mol. The van der Waals surface area contributed by atoms with E-state index in [4.69, 9.17) is 0 Å². The predicted octanol–water partition coefficient (Wildman–Crippen LogP) is 1.21. The van der Waals surface area contributed by atoms with E-state index in [1.165, 1.54) is 5.56 Å². The Morgan fingerprint density at radius 2 is 2.27 bits per heavy atom. The van der Waals surface area contributed by atoms with Crippen LogP contribution in [0.4, 0.5) is 0 Å². The monoisotopic (exact) mass is 223 g/mol. The fourth-order valence-electron chi connectivity index (χ4n) is 1.79. The molecule has 15 heavy (non-hydrogen) atoms. The molecule has 1 aliphatic heterocycles. The largest absolute Gasteiger partial charge is 0.314 e. The first-order valence-electron chi connectivity index (χ1n) is 5.30. The second-order valence-corrected chi connectivity index (χ2v) is 4.56. The van der Waals surface area contributed by atoms with Crippen LogP contribution >= 0.6 is 11.8 Å². The fraction of sp³-hybridized carbons (Fsp3) is 0.545. The van der Waals surface area contributed by atoms with Crippen LogP contribution in [0.2, 0.25) is 0 Å². The molecule has 0 amide bonds. The minimum Gasteiger partial charge on any atom is -0.314 e. The van der Waals surface area contributed by atoms with Crippen LogP contribution in [0.15, 0.2) is 23.4 Å². The lowest BCUT2D eigenvalue weighted by atomic mass is 10.2. The maximum Gasteiger partial charge on any atom is 0.0960 e. The van der Waals surface area contributed by atoms with Gasteiger partial charge in [0, 0.05) is 38.9 Å². The first-order valence-corrected chi connectivity index (χ1v) is 6.53. The normalized spacial score (nSPS) is 17.9. The van der Waals surface area contributed by atoms with E-state index in [2.05, 4.69) is 33.6 Å². The van der Waals surface area contributed by atoms with Gasteiger partial charge >= 0.3 is 0 Å². The number of thioether (sulfide) groups is 1. The molecule has 0 saturated carbocycles. The molecule has 0 aromatic carbocycles. The highest BCUT2D eigenvalue weighted by molar-refractivity contribution is 7.98. The molecule has 1 aromatic heterocycles. The number of nitrogens with one attached hydrogen (secondary N) is 1. The molecule has 4 heteroatoms. The molecule has 3 nitrogen and oxygen atoms in total. The molecule has 1 aromatic rings. The summed E-state index contributed by atoms with van der Waals surface area (Å²) in [4.78, 5) is 6.77. The van der Waals surface area contributed by atoms with Gasteiger partial charge in [-0.3, -0.25) is 4.90 Å². The molecule has 0 unspecified atom stereocenters. The lowest BCUT2D eigenvalue weighted by Crippen LogP contribution is -2.42. The van der Waals surface area contributed by atoms with Crippen LogP contribution in [0.1, 0.15) is 5.56 Å². The molecule has 0 spiro atoms. The van der Waals surface area contributed by atoms with Crippen molar-refractivity contribution < 1.29 is 0 Å². The molecule has 0 atom stereocenters. The van der Waals surface area contributed by atoms with Crippen molar-refractivity contribution >= 4 is 11.8 Å². The van der Waals surface area contributed by atoms with Crippen molar-refractivity contribution in [2.75, 3.05) is 32.4 Å². The summed E-state index contributed by atoms with van der Waals surface area (Å²) >= 11 is 1.70. The fourth-order valence-corrected chi connectivity index (χ4v) is 2.22. The average Bonchev–Trinajstić information content (AvgIpc) is 2.31. The Kier molecular flexibility index (Phi) is 4.00. The first-order chi connectivity index (χ1) is 7.38. The smallest absolute Gasteiger partial charge is 0.0960 e. The van der Waals surface area contributed by atoms with E-state index in [9.17, 15) is 0 Å². The number of rotatable bonds is 3. The Labute approximate surface area is 95.3 Å². The Morgan fingerprint density at radius 3 is 3.00 bits per heavy atom. The Morgan fingerprint density at radius 1 is 1.47 bits per heavy atom. The lowest BCUT2D eigenvalue weighted by Gasteiger charge is -2.27. The van der Waals surface area contributed by atoms with Crippen molar-refractivity contribution in [1.29, 1.82) is 0 Å². The van der Waals surface area contributed by atoms with E-state index in [1.54, 1.807) is 11.8 Å². The zero-order valence-electron chi connectivity index (χ0n) is 9.07. The maximum atomic E-state index is 4.28. The van der Waals surface area contributed by atoms with Gasteiger partial charge in [-0.15, -0.1) is 11.8 Å². The summed E-state index contributed by atoms with van der Waals surface area (Å²) in [6.45, 7) is 5.58. The standard InChI is InChI=1S/C11H17N3S/c1-15-11-8-10(2-3-13-11)9-14-6-4-12-5-7-14/h2-3,8,12H,4-7,9H2,1H3. The molecular formula is C11H17N3S. The van der Waals surface area contributed by atoms with Gasteiger partial charge in [-0.05, 0) is 24.0 Å². The van der Waals surface area contributed by atoms with Crippen LogP contribution in [0.25, 0.3) is 0 Å². The first kappa shape index (κ1) is 10.9. The van der Waals surface area contributed by atoms with Crippen LogP contribution in [-0.4, -0.2) is 42.3 Å². The number of hydrogen-bond acceptors (Lipinski definition) is 4. The highest BCUT2D eigenvalue weighted by Gasteiger charge is 2.09. The van der Waals surface area contributed by atoms with E-state index in [1.807, 2.05) is 6.20 Å². The Balaban J connectivity index is 1.96. The van der Waals surface area contributed by atoms with Gasteiger partial charge in [-0.2, -0.15) is 0 Å². The summed E-state index contributed by atoms with van der Waals surface area (Å²) in [6.07, 6.45) is 3.97. The zero-order valence-corrected chi connectivity index (χ0v) is 9.89. The van der Waals surface area contributed by atoms with Gasteiger partial charge in [0.25, 0.3) is 0 Å².